The highest BCUT2D eigenvalue weighted by atomic mass is 32.1. The highest BCUT2D eigenvalue weighted by molar-refractivity contribution is 7.14. The minimum Gasteiger partial charge on any atom is -0.438 e. The molecule has 7 heteroatoms. The quantitative estimate of drug-likeness (QED) is 0.282. The van der Waals surface area contributed by atoms with Crippen molar-refractivity contribution in [2.45, 2.75) is 19.8 Å². The van der Waals surface area contributed by atoms with Gasteiger partial charge in [0.15, 0.2) is 5.13 Å². The third-order valence-electron chi connectivity index (χ3n) is 6.73. The number of amides is 1. The van der Waals surface area contributed by atoms with Crippen molar-refractivity contribution in [1.82, 2.24) is 9.97 Å². The van der Waals surface area contributed by atoms with Gasteiger partial charge < -0.3 is 10.1 Å². The number of hydrogen-bond donors (Lipinski definition) is 1. The average molecular weight is 496 g/mol. The van der Waals surface area contributed by atoms with Crippen molar-refractivity contribution >= 4 is 33.1 Å². The van der Waals surface area contributed by atoms with E-state index >= 15 is 0 Å². The molecular formula is C29H22FN3O2S. The van der Waals surface area contributed by atoms with Crippen molar-refractivity contribution in [2.24, 2.45) is 5.41 Å². The van der Waals surface area contributed by atoms with Gasteiger partial charge in [-0.15, -0.1) is 11.3 Å². The van der Waals surface area contributed by atoms with E-state index in [0.29, 0.717) is 27.8 Å². The molecule has 0 aliphatic carbocycles. The van der Waals surface area contributed by atoms with Gasteiger partial charge in [0.2, 0.25) is 11.8 Å². The Labute approximate surface area is 211 Å². The summed E-state index contributed by atoms with van der Waals surface area (Å²) in [6.45, 7) is 3.85. The lowest BCUT2D eigenvalue weighted by Gasteiger charge is -2.37. The monoisotopic (exact) mass is 495 g/mol. The molecule has 3 heterocycles. The van der Waals surface area contributed by atoms with Gasteiger partial charge in [0.05, 0.1) is 11.1 Å². The first-order valence-corrected chi connectivity index (χ1v) is 12.5. The Kier molecular flexibility index (Phi) is 5.30. The SMILES string of the molecule is CC(C)(C(=O)Nc1nc(-c2ccc(F)c3ccccc23)cs1)C1c2ccccc2Oc2ncccc21. The van der Waals surface area contributed by atoms with Crippen LogP contribution in [0, 0.1) is 11.2 Å². The molecule has 0 spiro atoms. The molecule has 2 aromatic heterocycles. The molecule has 0 saturated heterocycles. The number of para-hydroxylation sites is 1. The molecule has 1 unspecified atom stereocenters. The average Bonchev–Trinajstić information content (AvgIpc) is 3.35. The van der Waals surface area contributed by atoms with Crippen molar-refractivity contribution < 1.29 is 13.9 Å². The van der Waals surface area contributed by atoms with Gasteiger partial charge in [-0.1, -0.05) is 62.4 Å². The van der Waals surface area contributed by atoms with E-state index in [0.717, 1.165) is 22.1 Å². The lowest BCUT2D eigenvalue weighted by Crippen LogP contribution is -2.38. The van der Waals surface area contributed by atoms with Crippen LogP contribution in [0.25, 0.3) is 22.0 Å². The van der Waals surface area contributed by atoms with E-state index in [9.17, 15) is 9.18 Å². The minimum atomic E-state index is -0.841. The molecule has 1 atom stereocenters. The zero-order valence-electron chi connectivity index (χ0n) is 19.7. The molecule has 5 nitrogen and oxygen atoms in total. The summed E-state index contributed by atoms with van der Waals surface area (Å²) in [5, 5.41) is 6.72. The Morgan fingerprint density at radius 2 is 1.72 bits per heavy atom. The van der Waals surface area contributed by atoms with Crippen LogP contribution in [0.2, 0.25) is 0 Å². The van der Waals surface area contributed by atoms with Crippen molar-refractivity contribution in [2.75, 3.05) is 5.32 Å². The maximum atomic E-state index is 14.3. The van der Waals surface area contributed by atoms with Gasteiger partial charge >= 0.3 is 0 Å². The smallest absolute Gasteiger partial charge is 0.232 e. The molecule has 6 rings (SSSR count). The molecular weight excluding hydrogens is 473 g/mol. The number of carbonyl (C=O) groups is 1. The molecule has 36 heavy (non-hydrogen) atoms. The van der Waals surface area contributed by atoms with Crippen LogP contribution in [-0.2, 0) is 4.79 Å². The van der Waals surface area contributed by atoms with Gasteiger partial charge in [0.25, 0.3) is 0 Å². The van der Waals surface area contributed by atoms with E-state index < -0.39 is 5.41 Å². The summed E-state index contributed by atoms with van der Waals surface area (Å²) >= 11 is 1.35. The fourth-order valence-corrected chi connectivity index (χ4v) is 5.60. The number of ether oxygens (including phenoxy) is 1. The number of pyridine rings is 1. The topological polar surface area (TPSA) is 64.1 Å². The fraction of sp³-hybridized carbons (Fsp3) is 0.138. The first-order valence-electron chi connectivity index (χ1n) is 11.6. The van der Waals surface area contributed by atoms with Gasteiger partial charge in [0, 0.05) is 39.6 Å². The number of benzene rings is 3. The van der Waals surface area contributed by atoms with Crippen LogP contribution in [0.4, 0.5) is 9.52 Å². The molecule has 0 fully saturated rings. The molecule has 178 valence electrons. The lowest BCUT2D eigenvalue weighted by molar-refractivity contribution is -0.124. The van der Waals surface area contributed by atoms with Crippen LogP contribution in [0.1, 0.15) is 30.9 Å². The Bertz CT molecular complexity index is 1580. The largest absolute Gasteiger partial charge is 0.438 e. The molecule has 1 aliphatic heterocycles. The second-order valence-corrected chi connectivity index (χ2v) is 10.2. The van der Waals surface area contributed by atoms with E-state index in [1.54, 1.807) is 18.3 Å². The Morgan fingerprint density at radius 1 is 0.972 bits per heavy atom. The van der Waals surface area contributed by atoms with E-state index in [-0.39, 0.29) is 17.6 Å². The van der Waals surface area contributed by atoms with E-state index in [1.165, 1.54) is 17.4 Å². The van der Waals surface area contributed by atoms with Crippen molar-refractivity contribution in [3.05, 3.63) is 101 Å². The van der Waals surface area contributed by atoms with Crippen LogP contribution in [-0.4, -0.2) is 15.9 Å². The summed E-state index contributed by atoms with van der Waals surface area (Å²) in [6, 6.07) is 22.1. The van der Waals surface area contributed by atoms with E-state index in [1.807, 2.05) is 73.8 Å². The number of nitrogens with one attached hydrogen (secondary N) is 1. The number of halogens is 1. The minimum absolute atomic E-state index is 0.163. The maximum Gasteiger partial charge on any atom is 0.232 e. The van der Waals surface area contributed by atoms with Crippen molar-refractivity contribution in [1.29, 1.82) is 0 Å². The Morgan fingerprint density at radius 3 is 2.58 bits per heavy atom. The van der Waals surface area contributed by atoms with Crippen LogP contribution in [0.3, 0.4) is 0 Å². The second-order valence-electron chi connectivity index (χ2n) is 9.32. The zero-order valence-corrected chi connectivity index (χ0v) is 20.5. The Hall–Kier alpha value is -4.10. The maximum absolute atomic E-state index is 14.3. The number of anilines is 1. The first kappa shape index (κ1) is 22.4. The standard InChI is InChI=1S/C29H22FN3O2S/c1-29(2,25-20-10-5-6-12-24(20)35-26-21(25)11-7-15-31-26)27(34)33-28-32-23(16-36-28)19-13-14-22(30)18-9-4-3-8-17(18)19/h3-16,25H,1-2H3,(H,32,33,34). The Balaban J connectivity index is 1.33. The predicted molar refractivity (Wildman–Crippen MR) is 140 cm³/mol. The second kappa shape index (κ2) is 8.53. The van der Waals surface area contributed by atoms with Gasteiger partial charge in [0.1, 0.15) is 11.6 Å². The summed E-state index contributed by atoms with van der Waals surface area (Å²) in [6.07, 6.45) is 1.69. The zero-order chi connectivity index (χ0) is 24.9. The highest BCUT2D eigenvalue weighted by Gasteiger charge is 2.44. The van der Waals surface area contributed by atoms with Gasteiger partial charge in [-0.05, 0) is 29.7 Å². The van der Waals surface area contributed by atoms with Gasteiger partial charge in [-0.2, -0.15) is 0 Å². The molecule has 5 aromatic rings. The first-order chi connectivity index (χ1) is 17.4. The van der Waals surface area contributed by atoms with E-state index in [4.69, 9.17) is 4.74 Å². The van der Waals surface area contributed by atoms with Crippen LogP contribution >= 0.6 is 11.3 Å². The van der Waals surface area contributed by atoms with E-state index in [2.05, 4.69) is 15.3 Å². The lowest BCUT2D eigenvalue weighted by atomic mass is 9.70. The highest BCUT2D eigenvalue weighted by Crippen LogP contribution is 2.51. The van der Waals surface area contributed by atoms with Crippen LogP contribution < -0.4 is 10.1 Å². The summed E-state index contributed by atoms with van der Waals surface area (Å²) in [5.74, 6) is 0.526. The van der Waals surface area contributed by atoms with Crippen LogP contribution in [0.5, 0.6) is 11.6 Å². The van der Waals surface area contributed by atoms with Crippen molar-refractivity contribution in [3.63, 3.8) is 0 Å². The summed E-state index contributed by atoms with van der Waals surface area (Å²) in [7, 11) is 0. The number of rotatable bonds is 4. The molecule has 1 aliphatic rings. The number of aromatic nitrogens is 2. The van der Waals surface area contributed by atoms with Crippen molar-refractivity contribution in [3.8, 4) is 22.9 Å². The number of hydrogen-bond acceptors (Lipinski definition) is 5. The molecule has 0 radical (unpaired) electrons. The molecule has 0 saturated carbocycles. The number of thiazole rings is 1. The number of nitrogens with zero attached hydrogens (tertiary/aromatic N) is 2. The molecule has 0 bridgehead atoms. The third kappa shape index (κ3) is 3.63. The normalized spacial score (nSPS) is 14.6. The third-order valence-corrected chi connectivity index (χ3v) is 7.48. The molecule has 1 amide bonds. The van der Waals surface area contributed by atoms with Gasteiger partial charge in [-0.25, -0.2) is 14.4 Å². The summed E-state index contributed by atoms with van der Waals surface area (Å²) in [4.78, 5) is 22.8. The van der Waals surface area contributed by atoms with Gasteiger partial charge in [-0.3, -0.25) is 4.79 Å². The summed E-state index contributed by atoms with van der Waals surface area (Å²) in [5.41, 5.74) is 2.48. The predicted octanol–water partition coefficient (Wildman–Crippen LogP) is 7.40. The number of fused-ring (bicyclic) bond motifs is 3. The molecule has 1 N–H and O–H groups in total. The summed E-state index contributed by atoms with van der Waals surface area (Å²) < 4.78 is 20.3. The molecule has 3 aromatic carbocycles. The van der Waals surface area contributed by atoms with Crippen LogP contribution in [0.15, 0.2) is 84.4 Å². The fourth-order valence-electron chi connectivity index (χ4n) is 4.90. The number of carbonyl (C=O) groups excluding carboxylic acids is 1.